The van der Waals surface area contributed by atoms with Crippen molar-refractivity contribution >= 4 is 108 Å². The molecule has 4 rings (SSSR count). The van der Waals surface area contributed by atoms with Crippen molar-refractivity contribution < 1.29 is 23.9 Å². The van der Waals surface area contributed by atoms with Gasteiger partial charge in [0.05, 0.1) is 37.4 Å². The number of barbiturate groups is 1. The van der Waals surface area contributed by atoms with E-state index in [2.05, 4.69) is 37.2 Å². The molecule has 0 aromatic heterocycles. The van der Waals surface area contributed by atoms with E-state index in [1.165, 1.54) is 31.4 Å². The molecule has 1 heterocycles. The molecule has 0 unspecified atom stereocenters. The number of rotatable bonds is 6. The highest BCUT2D eigenvalue weighted by Crippen LogP contribution is 2.44. The molecular weight excluding hydrogens is 710 g/mol. The van der Waals surface area contributed by atoms with Crippen molar-refractivity contribution in [3.05, 3.63) is 88.2 Å². The van der Waals surface area contributed by atoms with Crippen LogP contribution in [0.15, 0.2) is 57.0 Å². The quantitative estimate of drug-likeness (QED) is 0.206. The Balaban J connectivity index is 1.71. The van der Waals surface area contributed by atoms with Crippen LogP contribution in [0.5, 0.6) is 11.5 Å². The second kappa shape index (κ2) is 11.9. The maximum atomic E-state index is 13.3. The molecule has 1 N–H and O–H groups in total. The van der Waals surface area contributed by atoms with Crippen LogP contribution in [0.2, 0.25) is 20.1 Å². The van der Waals surface area contributed by atoms with Crippen LogP contribution in [-0.2, 0) is 16.2 Å². The molecule has 1 aliphatic rings. The number of carbonyl (C=O) groups is 3. The summed E-state index contributed by atoms with van der Waals surface area (Å²) in [5.41, 5.74) is 0.869. The molecule has 0 radical (unpaired) electrons. The molecule has 13 heteroatoms. The summed E-state index contributed by atoms with van der Waals surface area (Å²) < 4.78 is 12.4. The summed E-state index contributed by atoms with van der Waals surface area (Å²) >= 11 is 31.3. The Morgan fingerprint density at radius 2 is 1.68 bits per heavy atom. The molecule has 3 aromatic carbocycles. The molecule has 0 bridgehead atoms. The number of hydrogen-bond donors (Lipinski definition) is 1. The monoisotopic (exact) mass is 720 g/mol. The minimum atomic E-state index is -0.954. The number of benzene rings is 3. The fraction of sp³-hybridized carbons (Fsp3) is 0.0800. The average molecular weight is 724 g/mol. The predicted molar refractivity (Wildman–Crippen MR) is 155 cm³/mol. The lowest BCUT2D eigenvalue weighted by atomic mass is 10.1. The van der Waals surface area contributed by atoms with Gasteiger partial charge in [0.15, 0.2) is 11.5 Å². The zero-order valence-electron chi connectivity index (χ0n) is 19.1. The lowest BCUT2D eigenvalue weighted by Gasteiger charge is -2.27. The largest absolute Gasteiger partial charge is 0.493 e. The lowest BCUT2D eigenvalue weighted by molar-refractivity contribution is -0.122. The molecule has 4 amide bonds. The van der Waals surface area contributed by atoms with E-state index in [9.17, 15) is 14.4 Å². The Hall–Kier alpha value is -2.27. The first-order chi connectivity index (χ1) is 18.0. The van der Waals surface area contributed by atoms with E-state index < -0.39 is 17.8 Å². The number of halogens is 6. The van der Waals surface area contributed by atoms with Crippen LogP contribution < -0.4 is 19.7 Å². The van der Waals surface area contributed by atoms with E-state index in [1.807, 2.05) is 0 Å². The normalized spacial score (nSPS) is 14.7. The van der Waals surface area contributed by atoms with Crippen molar-refractivity contribution in [3.8, 4) is 11.5 Å². The number of imide groups is 2. The molecule has 0 spiro atoms. The standard InChI is InChI=1S/C25H14Br2Cl4N2O5/c1-37-18-9-12(19(26)20(27)22(18)38-10-11-5-6-14(28)16(30)7-11)8-13-23(34)32-25(36)33(24(13)35)17-4-2-3-15(29)21(17)31/h2-9H,10H2,1H3,(H,32,34,36)/b13-8+. The minimum Gasteiger partial charge on any atom is -0.493 e. The number of carbonyl (C=O) groups excluding carboxylic acids is 3. The van der Waals surface area contributed by atoms with Crippen molar-refractivity contribution in [3.63, 3.8) is 0 Å². The van der Waals surface area contributed by atoms with Crippen LogP contribution in [0, 0.1) is 0 Å². The maximum Gasteiger partial charge on any atom is 0.336 e. The third-order valence-electron chi connectivity index (χ3n) is 5.32. The zero-order chi connectivity index (χ0) is 27.7. The molecule has 0 atom stereocenters. The molecule has 196 valence electrons. The van der Waals surface area contributed by atoms with E-state index >= 15 is 0 Å². The van der Waals surface area contributed by atoms with E-state index in [4.69, 9.17) is 55.9 Å². The summed E-state index contributed by atoms with van der Waals surface area (Å²) in [6.07, 6.45) is 1.32. The number of urea groups is 1. The van der Waals surface area contributed by atoms with Gasteiger partial charge in [0.25, 0.3) is 11.8 Å². The summed E-state index contributed by atoms with van der Waals surface area (Å²) in [6.45, 7) is 0.150. The summed E-state index contributed by atoms with van der Waals surface area (Å²) in [7, 11) is 1.44. The van der Waals surface area contributed by atoms with Gasteiger partial charge in [-0.2, -0.15) is 0 Å². The van der Waals surface area contributed by atoms with Crippen LogP contribution in [0.1, 0.15) is 11.1 Å². The second-order valence-corrected chi connectivity index (χ2v) is 10.9. The highest BCUT2D eigenvalue weighted by atomic mass is 79.9. The Morgan fingerprint density at radius 3 is 2.37 bits per heavy atom. The molecule has 38 heavy (non-hydrogen) atoms. The first-order valence-corrected chi connectivity index (χ1v) is 13.6. The number of hydrogen-bond acceptors (Lipinski definition) is 5. The predicted octanol–water partition coefficient (Wildman–Crippen LogP) is 8.08. The fourth-order valence-electron chi connectivity index (χ4n) is 3.48. The SMILES string of the molecule is COc1cc(/C=C2\C(=O)NC(=O)N(c3cccc(Cl)c3Cl)C2=O)c(Br)c(Br)c1OCc1ccc(Cl)c(Cl)c1. The molecular formula is C25H14Br2Cl4N2O5. The van der Waals surface area contributed by atoms with Crippen LogP contribution in [0.25, 0.3) is 6.08 Å². The second-order valence-electron chi connectivity index (χ2n) is 7.69. The highest BCUT2D eigenvalue weighted by Gasteiger charge is 2.38. The third kappa shape index (κ3) is 5.68. The van der Waals surface area contributed by atoms with E-state index in [1.54, 1.807) is 24.3 Å². The number of methoxy groups -OCH3 is 1. The molecule has 7 nitrogen and oxygen atoms in total. The minimum absolute atomic E-state index is 0.0135. The molecule has 0 saturated carbocycles. The van der Waals surface area contributed by atoms with Gasteiger partial charge in [-0.1, -0.05) is 58.5 Å². The van der Waals surface area contributed by atoms with Gasteiger partial charge in [-0.05, 0) is 79.4 Å². The van der Waals surface area contributed by atoms with Crippen LogP contribution >= 0.6 is 78.3 Å². The Labute approximate surface area is 253 Å². The summed E-state index contributed by atoms with van der Waals surface area (Å²) in [4.78, 5) is 39.3. The molecule has 0 aliphatic carbocycles. The van der Waals surface area contributed by atoms with Crippen LogP contribution in [0.4, 0.5) is 10.5 Å². The van der Waals surface area contributed by atoms with E-state index in [0.717, 1.165) is 10.5 Å². The molecule has 3 aromatic rings. The Morgan fingerprint density at radius 1 is 0.947 bits per heavy atom. The van der Waals surface area contributed by atoms with Crippen molar-refractivity contribution in [1.82, 2.24) is 5.32 Å². The van der Waals surface area contributed by atoms with Crippen molar-refractivity contribution in [1.29, 1.82) is 0 Å². The van der Waals surface area contributed by atoms with E-state index in [0.29, 0.717) is 36.1 Å². The fourth-order valence-corrected chi connectivity index (χ4v) is 5.13. The molecule has 1 aliphatic heterocycles. The average Bonchev–Trinajstić information content (AvgIpc) is 2.87. The van der Waals surface area contributed by atoms with Gasteiger partial charge >= 0.3 is 6.03 Å². The van der Waals surface area contributed by atoms with Crippen molar-refractivity contribution in [2.24, 2.45) is 0 Å². The highest BCUT2D eigenvalue weighted by molar-refractivity contribution is 9.13. The molecule has 1 fully saturated rings. The maximum absolute atomic E-state index is 13.3. The number of anilines is 1. The van der Waals surface area contributed by atoms with Gasteiger partial charge in [0, 0.05) is 4.47 Å². The van der Waals surface area contributed by atoms with Gasteiger partial charge in [0.2, 0.25) is 0 Å². The first-order valence-electron chi connectivity index (χ1n) is 10.5. The summed E-state index contributed by atoms with van der Waals surface area (Å²) in [5, 5.41) is 3.09. The topological polar surface area (TPSA) is 84.9 Å². The lowest BCUT2D eigenvalue weighted by Crippen LogP contribution is -2.54. The van der Waals surface area contributed by atoms with Crippen LogP contribution in [0.3, 0.4) is 0 Å². The van der Waals surface area contributed by atoms with Gasteiger partial charge in [-0.15, -0.1) is 0 Å². The number of nitrogens with one attached hydrogen (secondary N) is 1. The smallest absolute Gasteiger partial charge is 0.336 e. The molecule has 1 saturated heterocycles. The first kappa shape index (κ1) is 28.7. The zero-order valence-corrected chi connectivity index (χ0v) is 25.3. The van der Waals surface area contributed by atoms with Gasteiger partial charge in [-0.3, -0.25) is 14.9 Å². The van der Waals surface area contributed by atoms with E-state index in [-0.39, 0.29) is 27.9 Å². The Bertz CT molecular complexity index is 1530. The number of amides is 4. The summed E-state index contributed by atoms with van der Waals surface area (Å²) in [5.74, 6) is -1.10. The van der Waals surface area contributed by atoms with Gasteiger partial charge < -0.3 is 9.47 Å². The third-order valence-corrected chi connectivity index (χ3v) is 9.01. The van der Waals surface area contributed by atoms with Gasteiger partial charge in [-0.25, -0.2) is 9.69 Å². The Kier molecular flexibility index (Phi) is 8.96. The number of ether oxygens (including phenoxy) is 2. The summed E-state index contributed by atoms with van der Waals surface area (Å²) in [6, 6.07) is 10.2. The van der Waals surface area contributed by atoms with Crippen LogP contribution in [-0.4, -0.2) is 25.0 Å². The number of nitrogens with zero attached hydrogens (tertiary/aromatic N) is 1. The van der Waals surface area contributed by atoms with Gasteiger partial charge in [0.1, 0.15) is 12.2 Å². The van der Waals surface area contributed by atoms with Crippen molar-refractivity contribution in [2.45, 2.75) is 6.61 Å². The van der Waals surface area contributed by atoms with Crippen molar-refractivity contribution in [2.75, 3.05) is 12.0 Å².